The lowest BCUT2D eigenvalue weighted by atomic mass is 10.4. The molecule has 3 nitrogen and oxygen atoms in total. The van der Waals surface area contributed by atoms with E-state index in [1.807, 2.05) is 60.7 Å². The normalized spacial score (nSPS) is 10.9. The molecule has 0 aliphatic heterocycles. The van der Waals surface area contributed by atoms with E-state index in [0.29, 0.717) is 0 Å². The van der Waals surface area contributed by atoms with Crippen molar-refractivity contribution < 1.29 is 4.33 Å². The molecule has 82 valence electrons. The average Bonchev–Trinajstić information content (AvgIpc) is 2.31. The smallest absolute Gasteiger partial charge is 0.0775 e. The van der Waals surface area contributed by atoms with E-state index in [2.05, 4.69) is 0 Å². The van der Waals surface area contributed by atoms with Gasteiger partial charge in [0.25, 0.3) is 0 Å². The zero-order chi connectivity index (χ0) is 11.4. The molecule has 0 unspecified atom stereocenters. The Balaban J connectivity index is 2.44. The second kappa shape index (κ2) is 4.81. The predicted molar refractivity (Wildman–Crippen MR) is 65.4 cm³/mol. The first-order valence-electron chi connectivity index (χ1n) is 4.83. The molecule has 0 aliphatic carbocycles. The maximum Gasteiger partial charge on any atom is 0.0775 e. The van der Waals surface area contributed by atoms with Crippen LogP contribution >= 0.6 is 11.1 Å². The van der Waals surface area contributed by atoms with Gasteiger partial charge in [0.2, 0.25) is 0 Å². The van der Waals surface area contributed by atoms with Crippen LogP contribution in [0.15, 0.2) is 70.5 Å². The molecule has 16 heavy (non-hydrogen) atoms. The van der Waals surface area contributed by atoms with Crippen LogP contribution in [-0.2, 0) is 0 Å². The number of hydrogen-bond acceptors (Lipinski definition) is 2. The highest BCUT2D eigenvalue weighted by Gasteiger charge is 2.19. The molecule has 0 heterocycles. The van der Waals surface area contributed by atoms with E-state index in [1.54, 1.807) is 0 Å². The van der Waals surface area contributed by atoms with Gasteiger partial charge in [-0.2, -0.15) is 0 Å². The summed E-state index contributed by atoms with van der Waals surface area (Å²) in [5.41, 5.74) is 0. The fourth-order valence-corrected chi connectivity index (χ4v) is 3.06. The number of nitrogens with zero attached hydrogens (tertiary/aromatic N) is 1. The van der Waals surface area contributed by atoms with Crippen molar-refractivity contribution in [3.05, 3.63) is 70.8 Å². The van der Waals surface area contributed by atoms with Crippen LogP contribution in [0.25, 0.3) is 0 Å². The van der Waals surface area contributed by atoms with Gasteiger partial charge >= 0.3 is 0 Å². The van der Waals surface area contributed by atoms with Crippen molar-refractivity contribution in [2.45, 2.75) is 9.79 Å². The number of rotatable bonds is 3. The van der Waals surface area contributed by atoms with Crippen LogP contribution in [0, 0.1) is 10.1 Å². The molecule has 0 fully saturated rings. The third kappa shape index (κ3) is 2.23. The minimum atomic E-state index is -1.49. The van der Waals surface area contributed by atoms with Gasteiger partial charge in [0, 0.05) is 0 Å². The minimum absolute atomic E-state index is 0.194. The Kier molecular flexibility index (Phi) is 3.22. The van der Waals surface area contributed by atoms with Crippen molar-refractivity contribution in [1.29, 1.82) is 0 Å². The second-order valence-electron chi connectivity index (χ2n) is 3.22. The van der Waals surface area contributed by atoms with Gasteiger partial charge in [0.15, 0.2) is 0 Å². The molecule has 4 heteroatoms. The molecule has 0 aromatic heterocycles. The SMILES string of the molecule is O=[N+]([O-])[SH](c1ccccc1)c1ccccc1. The Labute approximate surface area is 96.4 Å². The van der Waals surface area contributed by atoms with Crippen LogP contribution in [0.4, 0.5) is 0 Å². The molecule has 2 aromatic rings. The summed E-state index contributed by atoms with van der Waals surface area (Å²) in [6, 6.07) is 18.3. The monoisotopic (exact) mass is 233 g/mol. The molecular formula is C12H11NO2S. The van der Waals surface area contributed by atoms with Crippen LogP contribution in [0.5, 0.6) is 0 Å². The van der Waals surface area contributed by atoms with Gasteiger partial charge in [-0.3, -0.25) is 10.1 Å². The molecule has 0 amide bonds. The summed E-state index contributed by atoms with van der Waals surface area (Å²) in [5, 5.41) is 11.1. The molecule has 0 atom stereocenters. The summed E-state index contributed by atoms with van der Waals surface area (Å²) < 4.78 is -0.194. The van der Waals surface area contributed by atoms with Gasteiger partial charge in [-0.25, -0.2) is 0 Å². The first kappa shape index (κ1) is 10.7. The summed E-state index contributed by atoms with van der Waals surface area (Å²) in [5.74, 6) is 0. The molecule has 0 saturated carbocycles. The molecule has 2 rings (SSSR count). The van der Waals surface area contributed by atoms with E-state index in [9.17, 15) is 10.1 Å². The quantitative estimate of drug-likeness (QED) is 0.502. The minimum Gasteiger partial charge on any atom is -0.252 e. The summed E-state index contributed by atoms with van der Waals surface area (Å²) >= 11 is -1.49. The maximum absolute atomic E-state index is 11.1. The van der Waals surface area contributed by atoms with E-state index >= 15 is 0 Å². The lowest BCUT2D eigenvalue weighted by Crippen LogP contribution is -1.96. The zero-order valence-corrected chi connectivity index (χ0v) is 9.38. The molecule has 0 aliphatic rings. The molecule has 0 radical (unpaired) electrons. The highest BCUT2D eigenvalue weighted by Crippen LogP contribution is 2.43. The van der Waals surface area contributed by atoms with E-state index in [4.69, 9.17) is 0 Å². The number of hydrogen-bond donors (Lipinski definition) is 1. The Bertz CT molecular complexity index is 433. The largest absolute Gasteiger partial charge is 0.252 e. The fraction of sp³-hybridized carbons (Fsp3) is 0. The second-order valence-corrected chi connectivity index (χ2v) is 5.20. The van der Waals surface area contributed by atoms with Crippen molar-refractivity contribution in [2.24, 2.45) is 0 Å². The summed E-state index contributed by atoms with van der Waals surface area (Å²) in [4.78, 5) is 12.7. The predicted octanol–water partition coefficient (Wildman–Crippen LogP) is 3.30. The lowest BCUT2D eigenvalue weighted by Gasteiger charge is -2.12. The van der Waals surface area contributed by atoms with E-state index in [0.717, 1.165) is 9.79 Å². The number of nitro groups is 1. The molecule has 0 spiro atoms. The highest BCUT2D eigenvalue weighted by atomic mass is 32.2. The van der Waals surface area contributed by atoms with Gasteiger partial charge in [-0.15, -0.1) is 0 Å². The lowest BCUT2D eigenvalue weighted by molar-refractivity contribution is -0.290. The highest BCUT2D eigenvalue weighted by molar-refractivity contribution is 8.11. The van der Waals surface area contributed by atoms with Crippen LogP contribution in [0.3, 0.4) is 0 Å². The molecule has 0 N–H and O–H groups in total. The third-order valence-electron chi connectivity index (χ3n) is 2.16. The third-order valence-corrected chi connectivity index (χ3v) is 4.07. The maximum atomic E-state index is 11.1. The van der Waals surface area contributed by atoms with E-state index in [1.165, 1.54) is 0 Å². The fourth-order valence-electron chi connectivity index (χ4n) is 1.48. The van der Waals surface area contributed by atoms with E-state index in [-0.39, 0.29) is 4.33 Å². The van der Waals surface area contributed by atoms with Crippen molar-refractivity contribution >= 4 is 11.1 Å². The van der Waals surface area contributed by atoms with Gasteiger partial charge < -0.3 is 0 Å². The molecular weight excluding hydrogens is 222 g/mol. The Morgan fingerprint density at radius 3 is 1.50 bits per heavy atom. The number of thiol groups is 1. The molecule has 0 bridgehead atoms. The summed E-state index contributed by atoms with van der Waals surface area (Å²) in [6.07, 6.45) is 0. The first-order valence-corrected chi connectivity index (χ1v) is 6.13. The zero-order valence-electron chi connectivity index (χ0n) is 8.48. The Morgan fingerprint density at radius 2 is 1.19 bits per heavy atom. The van der Waals surface area contributed by atoms with Crippen LogP contribution in [-0.4, -0.2) is 4.33 Å². The Morgan fingerprint density at radius 1 is 0.812 bits per heavy atom. The van der Waals surface area contributed by atoms with Gasteiger partial charge in [0.1, 0.15) is 0 Å². The van der Waals surface area contributed by atoms with E-state index < -0.39 is 11.1 Å². The van der Waals surface area contributed by atoms with Crippen LogP contribution < -0.4 is 0 Å². The topological polar surface area (TPSA) is 43.1 Å². The van der Waals surface area contributed by atoms with Gasteiger partial charge in [-0.1, -0.05) is 36.4 Å². The first-order chi connectivity index (χ1) is 7.79. The molecule has 2 aromatic carbocycles. The standard InChI is InChI=1S/C12H11NO2S/c14-13(15)16(11-7-3-1-4-8-11)12-9-5-2-6-10-12/h1-10,16H. The molecule has 0 saturated heterocycles. The van der Waals surface area contributed by atoms with Crippen LogP contribution in [0.2, 0.25) is 0 Å². The summed E-state index contributed by atoms with van der Waals surface area (Å²) in [6.45, 7) is 0. The van der Waals surface area contributed by atoms with Crippen molar-refractivity contribution in [1.82, 2.24) is 0 Å². The summed E-state index contributed by atoms with van der Waals surface area (Å²) in [7, 11) is 0. The van der Waals surface area contributed by atoms with Gasteiger partial charge in [-0.05, 0) is 24.3 Å². The number of benzene rings is 2. The van der Waals surface area contributed by atoms with Gasteiger partial charge in [0.05, 0.1) is 25.2 Å². The van der Waals surface area contributed by atoms with Crippen molar-refractivity contribution in [2.75, 3.05) is 0 Å². The average molecular weight is 233 g/mol. The van der Waals surface area contributed by atoms with Crippen molar-refractivity contribution in [3.63, 3.8) is 0 Å². The van der Waals surface area contributed by atoms with Crippen molar-refractivity contribution in [3.8, 4) is 0 Å². The Hall–Kier alpha value is -1.81. The van der Waals surface area contributed by atoms with Crippen LogP contribution in [0.1, 0.15) is 0 Å².